The van der Waals surface area contributed by atoms with E-state index in [-0.39, 0.29) is 17.3 Å². The molecule has 0 bridgehead atoms. The minimum atomic E-state index is -3.79. The van der Waals surface area contributed by atoms with E-state index in [1.54, 1.807) is 32.0 Å². The van der Waals surface area contributed by atoms with Gasteiger partial charge in [-0.1, -0.05) is 6.07 Å². The number of sulfonamides is 1. The maximum atomic E-state index is 12.4. The third-order valence-corrected chi connectivity index (χ3v) is 5.08. The van der Waals surface area contributed by atoms with Crippen LogP contribution in [0.5, 0.6) is 0 Å². The van der Waals surface area contributed by atoms with E-state index >= 15 is 0 Å². The Bertz CT molecular complexity index is 737. The molecule has 0 spiro atoms. The highest BCUT2D eigenvalue weighted by Crippen LogP contribution is 2.28. The topological polar surface area (TPSA) is 79.5 Å². The molecule has 0 aliphatic heterocycles. The van der Waals surface area contributed by atoms with Gasteiger partial charge in [0.1, 0.15) is 16.4 Å². The summed E-state index contributed by atoms with van der Waals surface area (Å²) in [6, 6.07) is 7.02. The van der Waals surface area contributed by atoms with E-state index < -0.39 is 10.0 Å². The first-order chi connectivity index (χ1) is 9.35. The lowest BCUT2D eigenvalue weighted by Crippen LogP contribution is -2.15. The van der Waals surface area contributed by atoms with Crippen molar-refractivity contribution in [3.8, 4) is 0 Å². The van der Waals surface area contributed by atoms with Crippen LogP contribution >= 0.6 is 22.6 Å². The van der Waals surface area contributed by atoms with E-state index in [0.717, 1.165) is 3.57 Å². The van der Waals surface area contributed by atoms with Gasteiger partial charge < -0.3 is 9.52 Å². The molecule has 7 heteroatoms. The molecule has 0 saturated heterocycles. The molecule has 0 radical (unpaired) electrons. The molecule has 108 valence electrons. The predicted octanol–water partition coefficient (Wildman–Crippen LogP) is 2.79. The van der Waals surface area contributed by atoms with Gasteiger partial charge in [0.2, 0.25) is 0 Å². The van der Waals surface area contributed by atoms with E-state index in [1.807, 2.05) is 6.07 Å². The number of nitrogens with one attached hydrogen (secondary N) is 1. The lowest BCUT2D eigenvalue weighted by atomic mass is 10.2. The van der Waals surface area contributed by atoms with Crippen LogP contribution in [0.3, 0.4) is 0 Å². The van der Waals surface area contributed by atoms with Gasteiger partial charge in [0, 0.05) is 14.8 Å². The molecule has 0 aliphatic carbocycles. The van der Waals surface area contributed by atoms with E-state index in [4.69, 9.17) is 4.42 Å². The zero-order valence-electron chi connectivity index (χ0n) is 11.0. The Balaban J connectivity index is 2.46. The Hall–Kier alpha value is -1.06. The van der Waals surface area contributed by atoms with Crippen molar-refractivity contribution < 1.29 is 17.9 Å². The van der Waals surface area contributed by atoms with Crippen LogP contribution in [0.2, 0.25) is 0 Å². The van der Waals surface area contributed by atoms with E-state index in [1.165, 1.54) is 0 Å². The average molecular weight is 407 g/mol. The molecule has 5 nitrogen and oxygen atoms in total. The molecule has 1 heterocycles. The van der Waals surface area contributed by atoms with Crippen LogP contribution < -0.4 is 4.72 Å². The van der Waals surface area contributed by atoms with Gasteiger partial charge in [-0.15, -0.1) is 0 Å². The van der Waals surface area contributed by atoms with Crippen molar-refractivity contribution in [3.05, 3.63) is 44.9 Å². The van der Waals surface area contributed by atoms with Crippen LogP contribution in [0.4, 0.5) is 5.69 Å². The summed E-state index contributed by atoms with van der Waals surface area (Å²) in [5, 5.41) is 9.33. The molecular weight excluding hydrogens is 393 g/mol. The first kappa shape index (κ1) is 15.3. The maximum Gasteiger partial charge on any atom is 0.265 e. The summed E-state index contributed by atoms with van der Waals surface area (Å²) < 4.78 is 33.6. The van der Waals surface area contributed by atoms with Gasteiger partial charge >= 0.3 is 0 Å². The fourth-order valence-electron chi connectivity index (χ4n) is 2.00. The second-order valence-corrected chi connectivity index (χ2v) is 7.16. The second-order valence-electron chi connectivity index (χ2n) is 4.30. The number of halogens is 1. The van der Waals surface area contributed by atoms with Crippen molar-refractivity contribution >= 4 is 38.3 Å². The van der Waals surface area contributed by atoms with Crippen molar-refractivity contribution in [1.29, 1.82) is 0 Å². The molecule has 2 rings (SSSR count). The van der Waals surface area contributed by atoms with E-state index in [9.17, 15) is 13.5 Å². The molecular formula is C13H14INO4S. The molecule has 2 N–H and O–H groups in total. The van der Waals surface area contributed by atoms with Crippen LogP contribution in [0.1, 0.15) is 17.1 Å². The molecule has 0 amide bonds. The van der Waals surface area contributed by atoms with Crippen molar-refractivity contribution in [3.63, 3.8) is 0 Å². The summed E-state index contributed by atoms with van der Waals surface area (Å²) in [6.07, 6.45) is 0. The molecule has 2 aromatic rings. The monoisotopic (exact) mass is 407 g/mol. The Kier molecular flexibility index (Phi) is 4.40. The predicted molar refractivity (Wildman–Crippen MR) is 84.1 cm³/mol. The van der Waals surface area contributed by atoms with Gasteiger partial charge in [-0.3, -0.25) is 4.72 Å². The minimum absolute atomic E-state index is 0.0105. The number of rotatable bonds is 4. The summed E-state index contributed by atoms with van der Waals surface area (Å²) >= 11 is 2.10. The number of furan rings is 1. The standard InChI is InChI=1S/C13H14INO4S/c1-8-12(7-16)13(9(2)19-8)20(17,18)15-11-5-3-4-10(14)6-11/h3-6,15-16H,7H2,1-2H3. The molecule has 0 saturated carbocycles. The van der Waals surface area contributed by atoms with Crippen molar-refractivity contribution in [2.24, 2.45) is 0 Å². The highest BCUT2D eigenvalue weighted by Gasteiger charge is 2.26. The van der Waals surface area contributed by atoms with E-state index in [0.29, 0.717) is 17.0 Å². The van der Waals surface area contributed by atoms with Crippen LogP contribution in [-0.2, 0) is 16.6 Å². The molecule has 0 unspecified atom stereocenters. The molecule has 0 atom stereocenters. The number of anilines is 1. The van der Waals surface area contributed by atoms with Gasteiger partial charge in [-0.2, -0.15) is 0 Å². The number of benzene rings is 1. The Labute approximate surface area is 131 Å². The van der Waals surface area contributed by atoms with Crippen LogP contribution in [0, 0.1) is 17.4 Å². The lowest BCUT2D eigenvalue weighted by Gasteiger charge is -2.09. The maximum absolute atomic E-state index is 12.4. The quantitative estimate of drug-likeness (QED) is 0.765. The van der Waals surface area contributed by atoms with Gasteiger partial charge in [0.25, 0.3) is 10.0 Å². The molecule has 0 aliphatic rings. The summed E-state index contributed by atoms with van der Waals surface area (Å²) in [7, 11) is -3.79. The summed E-state index contributed by atoms with van der Waals surface area (Å²) in [5.74, 6) is 0.678. The lowest BCUT2D eigenvalue weighted by molar-refractivity contribution is 0.276. The molecule has 20 heavy (non-hydrogen) atoms. The highest BCUT2D eigenvalue weighted by molar-refractivity contribution is 14.1. The zero-order valence-corrected chi connectivity index (χ0v) is 13.9. The summed E-state index contributed by atoms with van der Waals surface area (Å²) in [5.41, 5.74) is 0.764. The highest BCUT2D eigenvalue weighted by atomic mass is 127. The van der Waals surface area contributed by atoms with Crippen molar-refractivity contribution in [2.75, 3.05) is 4.72 Å². The van der Waals surface area contributed by atoms with E-state index in [2.05, 4.69) is 27.3 Å². The van der Waals surface area contributed by atoms with Crippen LogP contribution in [0.15, 0.2) is 33.6 Å². The number of aryl methyl sites for hydroxylation is 2. The fourth-order valence-corrected chi connectivity index (χ4v) is 4.04. The van der Waals surface area contributed by atoms with Gasteiger partial charge in [0.05, 0.1) is 6.61 Å². The van der Waals surface area contributed by atoms with Gasteiger partial charge in [-0.25, -0.2) is 8.42 Å². The summed E-state index contributed by atoms with van der Waals surface area (Å²) in [4.78, 5) is 0.0105. The first-order valence-corrected chi connectivity index (χ1v) is 8.39. The number of aliphatic hydroxyl groups excluding tert-OH is 1. The Morgan fingerprint density at radius 3 is 2.60 bits per heavy atom. The third-order valence-electron chi connectivity index (χ3n) is 2.83. The third kappa shape index (κ3) is 2.99. The first-order valence-electron chi connectivity index (χ1n) is 5.83. The fraction of sp³-hybridized carbons (Fsp3) is 0.231. The zero-order chi connectivity index (χ0) is 14.9. The van der Waals surface area contributed by atoms with Crippen molar-refractivity contribution in [2.45, 2.75) is 25.3 Å². The van der Waals surface area contributed by atoms with Crippen LogP contribution in [-0.4, -0.2) is 13.5 Å². The molecule has 0 fully saturated rings. The Morgan fingerprint density at radius 1 is 1.30 bits per heavy atom. The largest absolute Gasteiger partial charge is 0.465 e. The average Bonchev–Trinajstić information content (AvgIpc) is 2.63. The summed E-state index contributed by atoms with van der Waals surface area (Å²) in [6.45, 7) is 2.81. The van der Waals surface area contributed by atoms with Gasteiger partial charge in [0.15, 0.2) is 0 Å². The SMILES string of the molecule is Cc1oc(C)c(S(=O)(=O)Nc2cccc(I)c2)c1CO. The molecule has 1 aromatic heterocycles. The number of hydrogen-bond donors (Lipinski definition) is 2. The smallest absolute Gasteiger partial charge is 0.265 e. The Morgan fingerprint density at radius 2 is 2.00 bits per heavy atom. The molecule has 1 aromatic carbocycles. The minimum Gasteiger partial charge on any atom is -0.465 e. The number of aliphatic hydroxyl groups is 1. The normalized spacial score (nSPS) is 11.6. The van der Waals surface area contributed by atoms with Crippen LogP contribution in [0.25, 0.3) is 0 Å². The van der Waals surface area contributed by atoms with Crippen molar-refractivity contribution in [1.82, 2.24) is 0 Å². The second kappa shape index (κ2) is 5.74. The number of hydrogen-bond acceptors (Lipinski definition) is 4. The van der Waals surface area contributed by atoms with Gasteiger partial charge in [-0.05, 0) is 54.6 Å².